The predicted molar refractivity (Wildman–Crippen MR) is 195 cm³/mol. The van der Waals surface area contributed by atoms with Crippen LogP contribution in [0.15, 0.2) is 114 Å². The van der Waals surface area contributed by atoms with Gasteiger partial charge in [-0.15, -0.1) is 0 Å². The summed E-state index contributed by atoms with van der Waals surface area (Å²) >= 11 is 0. The third kappa shape index (κ3) is 7.48. The molecule has 0 fully saturated rings. The van der Waals surface area contributed by atoms with Crippen molar-refractivity contribution >= 4 is 62.4 Å². The zero-order valence-electron chi connectivity index (χ0n) is 26.8. The molecule has 0 spiro atoms. The standard InChI is InChI=1S/C35H36N7O3PS/c1-46(2,44)26-17-15-25(16-18-26)42-31(23-33(41-42)47(3,4)5)39-35(43)38-29-19-20-30(28-14-10-9-13-27(28)29)45-32-21-22-36-34(40-32)37-24-11-7-6-8-12-24/h6-23H,1-5H3,(H,36,37,40)(H2,38,39,43). The molecule has 240 valence electrons. The Morgan fingerprint density at radius 3 is 2.23 bits per heavy atom. The van der Waals surface area contributed by atoms with Gasteiger partial charge in [0, 0.05) is 40.1 Å². The third-order valence-electron chi connectivity index (χ3n) is 7.28. The molecule has 0 radical (unpaired) electrons. The van der Waals surface area contributed by atoms with Crippen molar-refractivity contribution in [3.05, 3.63) is 109 Å². The molecule has 0 aliphatic carbocycles. The molecular weight excluding hydrogens is 629 g/mol. The third-order valence-corrected chi connectivity index (χ3v) is 10.3. The Labute approximate surface area is 275 Å². The second kappa shape index (κ2) is 12.9. The molecule has 2 aromatic heterocycles. The number of fused-ring (bicyclic) bond motifs is 1. The average molecular weight is 666 g/mol. The highest BCUT2D eigenvalue weighted by atomic mass is 32.3. The van der Waals surface area contributed by atoms with Gasteiger partial charge in [-0.1, -0.05) is 42.5 Å². The number of ether oxygens (including phenoxy) is 1. The normalized spacial score (nSPS) is 12.0. The van der Waals surface area contributed by atoms with Crippen LogP contribution in [-0.4, -0.2) is 57.9 Å². The minimum atomic E-state index is -2.41. The van der Waals surface area contributed by atoms with E-state index in [0.29, 0.717) is 29.1 Å². The predicted octanol–water partition coefficient (Wildman–Crippen LogP) is 8.30. The second-order valence-electron chi connectivity index (χ2n) is 12.0. The maximum Gasteiger partial charge on any atom is 0.324 e. The van der Waals surface area contributed by atoms with Gasteiger partial charge in [0.05, 0.1) is 11.4 Å². The Hall–Kier alpha value is -5.12. The fourth-order valence-corrected chi connectivity index (χ4v) is 6.52. The van der Waals surface area contributed by atoms with E-state index in [1.165, 1.54) is 0 Å². The number of rotatable bonds is 9. The van der Waals surface area contributed by atoms with Gasteiger partial charge in [-0.25, -0.2) is 24.5 Å². The van der Waals surface area contributed by atoms with Gasteiger partial charge in [0.25, 0.3) is 0 Å². The maximum absolute atomic E-state index is 13.5. The molecule has 2 heterocycles. The van der Waals surface area contributed by atoms with Crippen LogP contribution in [0.3, 0.4) is 0 Å². The molecule has 0 saturated carbocycles. The van der Waals surface area contributed by atoms with Crippen molar-refractivity contribution in [1.82, 2.24) is 19.7 Å². The summed E-state index contributed by atoms with van der Waals surface area (Å²) in [5, 5.41) is 17.3. The summed E-state index contributed by atoms with van der Waals surface area (Å²) < 4.78 is 20.5. The van der Waals surface area contributed by atoms with Crippen molar-refractivity contribution in [2.75, 3.05) is 48.0 Å². The number of aromatic nitrogens is 4. The van der Waals surface area contributed by atoms with Gasteiger partial charge in [0.15, 0.2) is 0 Å². The molecule has 0 atom stereocenters. The van der Waals surface area contributed by atoms with Crippen molar-refractivity contribution in [2.45, 2.75) is 5.03 Å². The van der Waals surface area contributed by atoms with Crippen LogP contribution in [0.2, 0.25) is 0 Å². The molecule has 0 aliphatic rings. The largest absolute Gasteiger partial charge is 0.438 e. The molecule has 6 aromatic rings. The Morgan fingerprint density at radius 1 is 0.830 bits per heavy atom. The van der Waals surface area contributed by atoms with Crippen molar-refractivity contribution < 1.29 is 14.1 Å². The quantitative estimate of drug-likeness (QED) is 0.133. The molecule has 6 rings (SSSR count). The van der Waals surface area contributed by atoms with Gasteiger partial charge in [-0.3, -0.25) is 5.32 Å². The topological polar surface area (TPSA) is 123 Å². The molecule has 3 N–H and O–H groups in total. The van der Waals surface area contributed by atoms with Crippen LogP contribution < -0.4 is 26.0 Å². The van der Waals surface area contributed by atoms with E-state index >= 15 is 0 Å². The summed E-state index contributed by atoms with van der Waals surface area (Å²) in [5.74, 6) is 1.90. The second-order valence-corrected chi connectivity index (χ2v) is 19.3. The van der Waals surface area contributed by atoms with Gasteiger partial charge >= 0.3 is 6.03 Å². The minimum absolute atomic E-state index is 0.376. The van der Waals surface area contributed by atoms with Crippen molar-refractivity contribution in [1.29, 1.82) is 0 Å². The van der Waals surface area contributed by atoms with Crippen LogP contribution in [0.4, 0.5) is 27.9 Å². The molecular formula is C35H36N7O3PS. The number of carbonyl (C=O) groups is 1. The molecule has 10 nitrogen and oxygen atoms in total. The minimum Gasteiger partial charge on any atom is -0.438 e. The van der Waals surface area contributed by atoms with Crippen LogP contribution in [0.1, 0.15) is 0 Å². The zero-order valence-corrected chi connectivity index (χ0v) is 28.5. The van der Waals surface area contributed by atoms with Crippen LogP contribution in [0, 0.1) is 0 Å². The number of nitrogens with one attached hydrogen (secondary N) is 3. The Balaban J connectivity index is 1.24. The summed E-state index contributed by atoms with van der Waals surface area (Å²) in [6.45, 7) is 3.49. The molecule has 12 heteroatoms. The first-order valence-electron chi connectivity index (χ1n) is 14.8. The Kier molecular flexibility index (Phi) is 8.77. The number of anilines is 4. The molecule has 0 saturated heterocycles. The van der Waals surface area contributed by atoms with E-state index < -0.39 is 23.2 Å². The molecule has 4 aromatic carbocycles. The first-order chi connectivity index (χ1) is 22.4. The lowest BCUT2D eigenvalue weighted by molar-refractivity contribution is 0.262. The van der Waals surface area contributed by atoms with E-state index in [4.69, 9.17) is 9.84 Å². The highest BCUT2D eigenvalue weighted by Crippen LogP contribution is 2.45. The average Bonchev–Trinajstić information content (AvgIpc) is 3.47. The van der Waals surface area contributed by atoms with Gasteiger partial charge < -0.3 is 19.9 Å². The number of nitrogens with zero attached hydrogens (tertiary/aromatic N) is 4. The molecule has 0 aliphatic heterocycles. The summed E-state index contributed by atoms with van der Waals surface area (Å²) in [6.07, 6.45) is 8.08. The number of carbonyl (C=O) groups excluding carboxylic acids is 1. The van der Waals surface area contributed by atoms with E-state index in [2.05, 4.69) is 44.7 Å². The number of amides is 2. The smallest absolute Gasteiger partial charge is 0.324 e. The molecule has 0 bridgehead atoms. The van der Waals surface area contributed by atoms with E-state index in [1.807, 2.05) is 84.9 Å². The van der Waals surface area contributed by atoms with Crippen molar-refractivity contribution in [2.24, 2.45) is 0 Å². The summed E-state index contributed by atoms with van der Waals surface area (Å²) in [6, 6.07) is 31.6. The van der Waals surface area contributed by atoms with E-state index in [9.17, 15) is 9.36 Å². The summed E-state index contributed by atoms with van der Waals surface area (Å²) in [5.41, 5.74) is 2.23. The Morgan fingerprint density at radius 2 is 1.53 bits per heavy atom. The maximum atomic E-state index is 13.5. The van der Waals surface area contributed by atoms with Gasteiger partial charge in [-0.2, -0.15) is 10.1 Å². The Bertz CT molecular complexity index is 2110. The highest BCUT2D eigenvalue weighted by Gasteiger charge is 2.20. The number of urea groups is 1. The van der Waals surface area contributed by atoms with Crippen LogP contribution >= 0.6 is 17.2 Å². The van der Waals surface area contributed by atoms with Crippen LogP contribution in [0.25, 0.3) is 16.5 Å². The number of benzene rings is 4. The van der Waals surface area contributed by atoms with E-state index in [-0.39, 0.29) is 0 Å². The van der Waals surface area contributed by atoms with E-state index in [1.54, 1.807) is 42.4 Å². The number of hydrogen-bond acceptors (Lipinski definition) is 7. The zero-order chi connectivity index (χ0) is 33.2. The van der Waals surface area contributed by atoms with Crippen LogP contribution in [-0.2, 0) is 4.57 Å². The SMILES string of the molecule is CP(C)(=O)c1ccc(-n2nc(S(C)(C)C)cc2NC(=O)Nc2ccc(Oc3ccnc(Nc4ccccc4)n3)c3ccccc23)cc1. The van der Waals surface area contributed by atoms with Crippen LogP contribution in [0.5, 0.6) is 11.6 Å². The van der Waals surface area contributed by atoms with Gasteiger partial charge in [0.2, 0.25) is 11.8 Å². The summed E-state index contributed by atoms with van der Waals surface area (Å²) in [4.78, 5) is 22.3. The number of para-hydroxylation sites is 1. The fraction of sp³-hybridized carbons (Fsp3) is 0.143. The van der Waals surface area contributed by atoms with Gasteiger partial charge in [0.1, 0.15) is 23.7 Å². The van der Waals surface area contributed by atoms with Gasteiger partial charge in [-0.05, 0) is 80.6 Å². The first kappa shape index (κ1) is 31.8. The lowest BCUT2D eigenvalue weighted by atomic mass is 10.1. The number of hydrogen-bond donors (Lipinski definition) is 3. The van der Waals surface area contributed by atoms with E-state index in [0.717, 1.165) is 32.5 Å². The molecule has 47 heavy (non-hydrogen) atoms. The lowest BCUT2D eigenvalue weighted by Crippen LogP contribution is -2.21. The highest BCUT2D eigenvalue weighted by molar-refractivity contribution is 8.32. The molecule has 2 amide bonds. The lowest BCUT2D eigenvalue weighted by Gasteiger charge is -2.21. The van der Waals surface area contributed by atoms with Crippen molar-refractivity contribution in [3.8, 4) is 17.3 Å². The fourth-order valence-electron chi connectivity index (χ4n) is 4.86. The van der Waals surface area contributed by atoms with Crippen molar-refractivity contribution in [3.63, 3.8) is 0 Å². The monoisotopic (exact) mass is 665 g/mol. The summed E-state index contributed by atoms with van der Waals surface area (Å²) in [7, 11) is -3.60. The molecule has 0 unspecified atom stereocenters. The first-order valence-corrected chi connectivity index (χ1v) is 20.3.